The summed E-state index contributed by atoms with van der Waals surface area (Å²) >= 11 is 6.31. The standard InChI is InChI=1S/C27H18ClF2NO4S/c1-36(33,34)20-9-6-16(7-10-20)24-11-12-25(35-24)23-13-17-3-2-4-21(28)26(17)27(32)31(23)15-18-5-8-19(29)14-22(18)30/h2-14H,15H2,1H3. The molecule has 0 amide bonds. The minimum absolute atomic E-state index is 0.120. The quantitative estimate of drug-likeness (QED) is 0.269. The van der Waals surface area contributed by atoms with E-state index in [4.69, 9.17) is 16.0 Å². The molecule has 182 valence electrons. The molecule has 5 aromatic rings. The van der Waals surface area contributed by atoms with Crippen LogP contribution < -0.4 is 5.56 Å². The van der Waals surface area contributed by atoms with E-state index in [-0.39, 0.29) is 27.4 Å². The van der Waals surface area contributed by atoms with Gasteiger partial charge in [0.15, 0.2) is 15.6 Å². The summed E-state index contributed by atoms with van der Waals surface area (Å²) in [6.45, 7) is -0.180. The van der Waals surface area contributed by atoms with Gasteiger partial charge in [-0.2, -0.15) is 0 Å². The molecule has 0 saturated carbocycles. The van der Waals surface area contributed by atoms with Crippen molar-refractivity contribution in [2.24, 2.45) is 0 Å². The summed E-state index contributed by atoms with van der Waals surface area (Å²) in [6, 6.07) is 19.5. The first-order valence-electron chi connectivity index (χ1n) is 10.8. The van der Waals surface area contributed by atoms with Gasteiger partial charge in [0.25, 0.3) is 5.56 Å². The summed E-state index contributed by atoms with van der Waals surface area (Å²) in [6.07, 6.45) is 1.13. The van der Waals surface area contributed by atoms with Gasteiger partial charge >= 0.3 is 0 Å². The number of rotatable bonds is 5. The Labute approximate surface area is 210 Å². The van der Waals surface area contributed by atoms with Crippen molar-refractivity contribution in [3.05, 3.63) is 111 Å². The summed E-state index contributed by atoms with van der Waals surface area (Å²) in [5.41, 5.74) is 0.676. The molecule has 9 heteroatoms. The number of fused-ring (bicyclic) bond motifs is 1. The lowest BCUT2D eigenvalue weighted by atomic mass is 10.1. The summed E-state index contributed by atoms with van der Waals surface area (Å²) in [7, 11) is -3.34. The molecule has 0 aliphatic rings. The van der Waals surface area contributed by atoms with E-state index in [0.29, 0.717) is 28.2 Å². The Morgan fingerprint density at radius 3 is 2.33 bits per heavy atom. The number of furan rings is 1. The smallest absolute Gasteiger partial charge is 0.260 e. The van der Waals surface area contributed by atoms with Crippen LogP contribution >= 0.6 is 11.6 Å². The molecular weight excluding hydrogens is 508 g/mol. The summed E-state index contributed by atoms with van der Waals surface area (Å²) in [4.78, 5) is 13.7. The number of hydrogen-bond donors (Lipinski definition) is 0. The van der Waals surface area contributed by atoms with Crippen molar-refractivity contribution in [3.63, 3.8) is 0 Å². The lowest BCUT2D eigenvalue weighted by Gasteiger charge is -2.14. The van der Waals surface area contributed by atoms with Gasteiger partial charge in [0.1, 0.15) is 17.4 Å². The lowest BCUT2D eigenvalue weighted by Crippen LogP contribution is -2.23. The maximum atomic E-state index is 14.5. The van der Waals surface area contributed by atoms with Crippen LogP contribution in [0.3, 0.4) is 0 Å². The molecule has 0 N–H and O–H groups in total. The molecule has 2 aromatic heterocycles. The zero-order chi connectivity index (χ0) is 25.6. The monoisotopic (exact) mass is 525 g/mol. The highest BCUT2D eigenvalue weighted by Crippen LogP contribution is 2.32. The minimum atomic E-state index is -3.34. The summed E-state index contributed by atoms with van der Waals surface area (Å²) < 4.78 is 58.8. The van der Waals surface area contributed by atoms with Crippen LogP contribution in [0.2, 0.25) is 5.02 Å². The Morgan fingerprint density at radius 1 is 0.917 bits per heavy atom. The molecule has 2 heterocycles. The number of sulfone groups is 1. The Kier molecular flexibility index (Phi) is 6.02. The van der Waals surface area contributed by atoms with Gasteiger partial charge in [-0.3, -0.25) is 4.79 Å². The first-order chi connectivity index (χ1) is 17.1. The molecular formula is C27H18ClF2NO4S. The molecule has 0 radical (unpaired) electrons. The van der Waals surface area contributed by atoms with Gasteiger partial charge in [-0.25, -0.2) is 17.2 Å². The van der Waals surface area contributed by atoms with Crippen molar-refractivity contribution in [3.8, 4) is 22.8 Å². The van der Waals surface area contributed by atoms with Crippen LogP contribution in [0.25, 0.3) is 33.6 Å². The molecule has 0 unspecified atom stereocenters. The van der Waals surface area contributed by atoms with Crippen molar-refractivity contribution in [2.45, 2.75) is 11.4 Å². The number of halogens is 3. The number of aromatic nitrogens is 1. The van der Waals surface area contributed by atoms with Crippen molar-refractivity contribution in [2.75, 3.05) is 6.26 Å². The van der Waals surface area contributed by atoms with Crippen LogP contribution in [0.15, 0.2) is 93.0 Å². The third kappa shape index (κ3) is 4.45. The summed E-state index contributed by atoms with van der Waals surface area (Å²) in [5.74, 6) is -0.719. The zero-order valence-electron chi connectivity index (χ0n) is 18.8. The molecule has 5 nitrogen and oxygen atoms in total. The fourth-order valence-electron chi connectivity index (χ4n) is 4.03. The second-order valence-corrected chi connectivity index (χ2v) is 10.7. The van der Waals surface area contributed by atoms with E-state index in [9.17, 15) is 22.0 Å². The van der Waals surface area contributed by atoms with Crippen molar-refractivity contribution in [1.82, 2.24) is 4.57 Å². The molecule has 0 atom stereocenters. The van der Waals surface area contributed by atoms with E-state index in [1.165, 1.54) is 22.8 Å². The Morgan fingerprint density at radius 2 is 1.64 bits per heavy atom. The van der Waals surface area contributed by atoms with Gasteiger partial charge in [-0.15, -0.1) is 0 Å². The fourth-order valence-corrected chi connectivity index (χ4v) is 4.93. The Balaban J connectivity index is 1.65. The van der Waals surface area contributed by atoms with Crippen molar-refractivity contribution in [1.29, 1.82) is 0 Å². The van der Waals surface area contributed by atoms with Gasteiger partial charge in [0, 0.05) is 23.4 Å². The van der Waals surface area contributed by atoms with Gasteiger partial charge in [-0.1, -0.05) is 29.8 Å². The first kappa shape index (κ1) is 24.0. The van der Waals surface area contributed by atoms with E-state index >= 15 is 0 Å². The number of hydrogen-bond acceptors (Lipinski definition) is 4. The predicted octanol–water partition coefficient (Wildman–Crippen LogP) is 6.31. The fraction of sp³-hybridized carbons (Fsp3) is 0.0741. The number of nitrogens with zero attached hydrogens (tertiary/aromatic N) is 1. The molecule has 0 spiro atoms. The van der Waals surface area contributed by atoms with Crippen LogP contribution in [-0.4, -0.2) is 19.2 Å². The largest absolute Gasteiger partial charge is 0.455 e. The molecule has 0 aliphatic carbocycles. The predicted molar refractivity (Wildman–Crippen MR) is 135 cm³/mol. The van der Waals surface area contributed by atoms with Crippen LogP contribution in [0.5, 0.6) is 0 Å². The topological polar surface area (TPSA) is 69.3 Å². The molecule has 3 aromatic carbocycles. The highest BCUT2D eigenvalue weighted by molar-refractivity contribution is 7.90. The van der Waals surface area contributed by atoms with Crippen LogP contribution in [-0.2, 0) is 16.4 Å². The maximum absolute atomic E-state index is 14.5. The van der Waals surface area contributed by atoms with Gasteiger partial charge in [0.2, 0.25) is 0 Å². The SMILES string of the molecule is CS(=O)(=O)c1ccc(-c2ccc(-c3cc4cccc(Cl)c4c(=O)n3Cc3ccc(F)cc3F)o2)cc1. The van der Waals surface area contributed by atoms with Crippen LogP contribution in [0, 0.1) is 11.6 Å². The van der Waals surface area contributed by atoms with Gasteiger partial charge in [-0.05, 0) is 60.0 Å². The molecule has 0 bridgehead atoms. The molecule has 0 aliphatic heterocycles. The Bertz CT molecular complexity index is 1790. The van der Waals surface area contributed by atoms with Crippen LogP contribution in [0.4, 0.5) is 8.78 Å². The zero-order valence-corrected chi connectivity index (χ0v) is 20.4. The summed E-state index contributed by atoms with van der Waals surface area (Å²) in [5, 5.41) is 1.10. The highest BCUT2D eigenvalue weighted by Gasteiger charge is 2.18. The maximum Gasteiger partial charge on any atom is 0.260 e. The normalized spacial score (nSPS) is 11.8. The molecule has 0 fully saturated rings. The van der Waals surface area contributed by atoms with E-state index in [2.05, 4.69) is 0 Å². The Hall–Kier alpha value is -3.75. The number of pyridine rings is 1. The molecule has 36 heavy (non-hydrogen) atoms. The van der Waals surface area contributed by atoms with Crippen molar-refractivity contribution >= 4 is 32.2 Å². The van der Waals surface area contributed by atoms with Crippen LogP contribution in [0.1, 0.15) is 5.56 Å². The third-order valence-electron chi connectivity index (χ3n) is 5.86. The second kappa shape index (κ2) is 9.04. The second-order valence-electron chi connectivity index (χ2n) is 8.32. The van der Waals surface area contributed by atoms with E-state index in [1.807, 2.05) is 0 Å². The molecule has 0 saturated heterocycles. The average molecular weight is 526 g/mol. The van der Waals surface area contributed by atoms with Crippen molar-refractivity contribution < 1.29 is 21.6 Å². The highest BCUT2D eigenvalue weighted by atomic mass is 35.5. The first-order valence-corrected chi connectivity index (χ1v) is 13.1. The van der Waals surface area contributed by atoms with E-state index in [1.54, 1.807) is 48.5 Å². The third-order valence-corrected chi connectivity index (χ3v) is 7.30. The van der Waals surface area contributed by atoms with Gasteiger partial charge in [0.05, 0.1) is 27.5 Å². The van der Waals surface area contributed by atoms with Gasteiger partial charge < -0.3 is 8.98 Å². The minimum Gasteiger partial charge on any atom is -0.455 e. The van der Waals surface area contributed by atoms with E-state index < -0.39 is 27.0 Å². The van der Waals surface area contributed by atoms with E-state index in [0.717, 1.165) is 18.4 Å². The molecule has 5 rings (SSSR count). The average Bonchev–Trinajstić information content (AvgIpc) is 3.32. The number of benzene rings is 3. The lowest BCUT2D eigenvalue weighted by molar-refractivity contribution is 0.560.